The summed E-state index contributed by atoms with van der Waals surface area (Å²) in [6, 6.07) is 8.68. The van der Waals surface area contributed by atoms with Crippen molar-refractivity contribution in [2.45, 2.75) is 26.4 Å². The molecule has 0 radical (unpaired) electrons. The van der Waals surface area contributed by atoms with E-state index in [9.17, 15) is 0 Å². The van der Waals surface area contributed by atoms with Gasteiger partial charge < -0.3 is 10.2 Å². The van der Waals surface area contributed by atoms with Gasteiger partial charge in [0, 0.05) is 38.4 Å². The molecule has 22 heavy (non-hydrogen) atoms. The second-order valence-corrected chi connectivity index (χ2v) is 5.63. The van der Waals surface area contributed by atoms with Crippen LogP contribution >= 0.6 is 0 Å². The summed E-state index contributed by atoms with van der Waals surface area (Å²) in [6.45, 7) is 5.58. The molecule has 1 aliphatic heterocycles. The highest BCUT2D eigenvalue weighted by Crippen LogP contribution is 2.18. The van der Waals surface area contributed by atoms with Crippen molar-refractivity contribution in [3.63, 3.8) is 0 Å². The molecule has 5 heteroatoms. The highest BCUT2D eigenvalue weighted by atomic mass is 15.3. The van der Waals surface area contributed by atoms with Gasteiger partial charge in [0.05, 0.1) is 12.7 Å². The van der Waals surface area contributed by atoms with Crippen molar-refractivity contribution >= 4 is 5.96 Å². The molecule has 2 heterocycles. The zero-order chi connectivity index (χ0) is 15.4. The Kier molecular flexibility index (Phi) is 4.42. The van der Waals surface area contributed by atoms with E-state index in [2.05, 4.69) is 46.5 Å². The van der Waals surface area contributed by atoms with E-state index in [4.69, 9.17) is 4.99 Å². The molecular weight excluding hydrogens is 274 g/mol. The van der Waals surface area contributed by atoms with E-state index >= 15 is 0 Å². The van der Waals surface area contributed by atoms with Crippen molar-refractivity contribution < 1.29 is 0 Å². The number of guanidine groups is 1. The summed E-state index contributed by atoms with van der Waals surface area (Å²) in [4.78, 5) is 7.11. The summed E-state index contributed by atoms with van der Waals surface area (Å²) < 4.78 is 1.81. The second kappa shape index (κ2) is 6.64. The quantitative estimate of drug-likeness (QED) is 0.696. The van der Waals surface area contributed by atoms with Crippen molar-refractivity contribution in [2.75, 3.05) is 13.1 Å². The molecule has 0 saturated heterocycles. The van der Waals surface area contributed by atoms with Crippen LogP contribution in [-0.2, 0) is 26.6 Å². The van der Waals surface area contributed by atoms with E-state index in [1.165, 1.54) is 11.1 Å². The van der Waals surface area contributed by atoms with Gasteiger partial charge >= 0.3 is 0 Å². The van der Waals surface area contributed by atoms with Crippen molar-refractivity contribution in [1.82, 2.24) is 20.0 Å². The largest absolute Gasteiger partial charge is 0.356 e. The smallest absolute Gasteiger partial charge is 0.194 e. The number of hydrogen-bond donors (Lipinski definition) is 1. The molecule has 1 aliphatic rings. The van der Waals surface area contributed by atoms with Crippen LogP contribution in [0.25, 0.3) is 0 Å². The Morgan fingerprint density at radius 3 is 2.86 bits per heavy atom. The SMILES string of the molecule is CCNC(=NCc1cnn(C)c1)N1CCc2ccccc2C1. The summed E-state index contributed by atoms with van der Waals surface area (Å²) in [5, 5.41) is 7.61. The number of aryl methyl sites for hydroxylation is 1. The Morgan fingerprint density at radius 1 is 1.32 bits per heavy atom. The number of aromatic nitrogens is 2. The van der Waals surface area contributed by atoms with Gasteiger partial charge in [0.25, 0.3) is 0 Å². The highest BCUT2D eigenvalue weighted by molar-refractivity contribution is 5.80. The fourth-order valence-electron chi connectivity index (χ4n) is 2.82. The van der Waals surface area contributed by atoms with E-state index in [-0.39, 0.29) is 0 Å². The summed E-state index contributed by atoms with van der Waals surface area (Å²) in [7, 11) is 1.93. The number of rotatable bonds is 3. The maximum atomic E-state index is 4.77. The van der Waals surface area contributed by atoms with Crippen LogP contribution in [-0.4, -0.2) is 33.7 Å². The third-order valence-electron chi connectivity index (χ3n) is 3.93. The minimum Gasteiger partial charge on any atom is -0.356 e. The number of hydrogen-bond acceptors (Lipinski definition) is 2. The molecule has 2 aromatic rings. The molecule has 5 nitrogen and oxygen atoms in total. The van der Waals surface area contributed by atoms with Gasteiger partial charge in [-0.25, -0.2) is 4.99 Å². The van der Waals surface area contributed by atoms with Crippen LogP contribution in [0.1, 0.15) is 23.6 Å². The average Bonchev–Trinajstić information content (AvgIpc) is 2.96. The van der Waals surface area contributed by atoms with Gasteiger partial charge in [0.2, 0.25) is 0 Å². The molecule has 3 rings (SSSR count). The van der Waals surface area contributed by atoms with Gasteiger partial charge in [0.1, 0.15) is 0 Å². The number of benzene rings is 1. The van der Waals surface area contributed by atoms with Crippen LogP contribution in [0, 0.1) is 0 Å². The molecule has 1 aromatic heterocycles. The number of nitrogens with zero attached hydrogens (tertiary/aromatic N) is 4. The van der Waals surface area contributed by atoms with E-state index < -0.39 is 0 Å². The van der Waals surface area contributed by atoms with Gasteiger partial charge in [-0.1, -0.05) is 24.3 Å². The molecule has 116 valence electrons. The summed E-state index contributed by atoms with van der Waals surface area (Å²) >= 11 is 0. The molecule has 0 aliphatic carbocycles. The molecule has 0 amide bonds. The molecule has 0 saturated carbocycles. The van der Waals surface area contributed by atoms with Crippen molar-refractivity contribution in [3.8, 4) is 0 Å². The van der Waals surface area contributed by atoms with E-state index in [1.54, 1.807) is 0 Å². The van der Waals surface area contributed by atoms with Crippen LogP contribution in [0.3, 0.4) is 0 Å². The van der Waals surface area contributed by atoms with Crippen molar-refractivity contribution in [3.05, 3.63) is 53.3 Å². The molecule has 0 bridgehead atoms. The first-order valence-corrected chi connectivity index (χ1v) is 7.84. The third-order valence-corrected chi connectivity index (χ3v) is 3.93. The van der Waals surface area contributed by atoms with Gasteiger partial charge in [-0.15, -0.1) is 0 Å². The topological polar surface area (TPSA) is 45.5 Å². The van der Waals surface area contributed by atoms with Gasteiger partial charge in [-0.2, -0.15) is 5.10 Å². The Bertz CT molecular complexity index is 659. The van der Waals surface area contributed by atoms with Gasteiger partial charge in [0.15, 0.2) is 5.96 Å². The van der Waals surface area contributed by atoms with E-state index in [0.29, 0.717) is 6.54 Å². The molecule has 0 atom stereocenters. The van der Waals surface area contributed by atoms with Gasteiger partial charge in [-0.3, -0.25) is 4.68 Å². The lowest BCUT2D eigenvalue weighted by Gasteiger charge is -2.31. The molecule has 0 spiro atoms. The zero-order valence-electron chi connectivity index (χ0n) is 13.3. The first-order chi connectivity index (χ1) is 10.8. The fourth-order valence-corrected chi connectivity index (χ4v) is 2.82. The molecule has 1 aromatic carbocycles. The third kappa shape index (κ3) is 3.30. The predicted octanol–water partition coefficient (Wildman–Crippen LogP) is 1.94. The Morgan fingerprint density at radius 2 is 2.14 bits per heavy atom. The first kappa shape index (κ1) is 14.6. The molecular formula is C17H23N5. The first-order valence-electron chi connectivity index (χ1n) is 7.84. The zero-order valence-corrected chi connectivity index (χ0v) is 13.3. The lowest BCUT2D eigenvalue weighted by Crippen LogP contribution is -2.44. The summed E-state index contributed by atoms with van der Waals surface area (Å²) in [6.07, 6.45) is 4.96. The maximum Gasteiger partial charge on any atom is 0.194 e. The van der Waals surface area contributed by atoms with Crippen molar-refractivity contribution in [2.24, 2.45) is 12.0 Å². The standard InChI is InChI=1S/C17H23N5/c1-3-18-17(19-10-14-11-20-21(2)12-14)22-9-8-15-6-4-5-7-16(15)13-22/h4-7,11-12H,3,8-10,13H2,1-2H3,(H,18,19). The van der Waals surface area contributed by atoms with Gasteiger partial charge in [-0.05, 0) is 24.5 Å². The van der Waals surface area contributed by atoms with Crippen LogP contribution in [0.5, 0.6) is 0 Å². The Hall–Kier alpha value is -2.30. The predicted molar refractivity (Wildman–Crippen MR) is 88.6 cm³/mol. The lowest BCUT2D eigenvalue weighted by molar-refractivity contribution is 0.378. The molecule has 0 fully saturated rings. The van der Waals surface area contributed by atoms with E-state index in [0.717, 1.165) is 37.6 Å². The van der Waals surface area contributed by atoms with Crippen LogP contribution in [0.15, 0.2) is 41.7 Å². The van der Waals surface area contributed by atoms with Crippen LogP contribution in [0.4, 0.5) is 0 Å². The van der Waals surface area contributed by atoms with Crippen molar-refractivity contribution in [1.29, 1.82) is 0 Å². The monoisotopic (exact) mass is 297 g/mol. The Labute approximate surface area is 131 Å². The number of fused-ring (bicyclic) bond motifs is 1. The summed E-state index contributed by atoms with van der Waals surface area (Å²) in [5.41, 5.74) is 4.00. The number of aliphatic imine (C=N–C) groups is 1. The van der Waals surface area contributed by atoms with Crippen LogP contribution in [0.2, 0.25) is 0 Å². The average molecular weight is 297 g/mol. The van der Waals surface area contributed by atoms with E-state index in [1.807, 2.05) is 24.1 Å². The normalized spacial score (nSPS) is 14.8. The lowest BCUT2D eigenvalue weighted by atomic mass is 10.0. The highest BCUT2D eigenvalue weighted by Gasteiger charge is 2.18. The fraction of sp³-hybridized carbons (Fsp3) is 0.412. The number of nitrogens with one attached hydrogen (secondary N) is 1. The summed E-state index contributed by atoms with van der Waals surface area (Å²) in [5.74, 6) is 0.987. The van der Waals surface area contributed by atoms with Crippen LogP contribution < -0.4 is 5.32 Å². The maximum absolute atomic E-state index is 4.77. The molecule has 0 unspecified atom stereocenters. The molecule has 1 N–H and O–H groups in total. The minimum atomic E-state index is 0.661. The second-order valence-electron chi connectivity index (χ2n) is 5.63. The minimum absolute atomic E-state index is 0.661. The Balaban J connectivity index is 1.74.